The topological polar surface area (TPSA) is 71.4 Å². The largest absolute Gasteiger partial charge is 0.372 e. The fourth-order valence-electron chi connectivity index (χ4n) is 3.84. The van der Waals surface area contributed by atoms with Gasteiger partial charge in [-0.05, 0) is 61.4 Å². The van der Waals surface area contributed by atoms with Gasteiger partial charge in [-0.1, -0.05) is 53.3 Å². The molecule has 178 valence electrons. The summed E-state index contributed by atoms with van der Waals surface area (Å²) in [5.74, 6) is 0. The predicted molar refractivity (Wildman–Crippen MR) is 141 cm³/mol. The maximum absolute atomic E-state index is 12.9. The number of fused-ring (bicyclic) bond motifs is 1. The highest BCUT2D eigenvalue weighted by Crippen LogP contribution is 2.24. The lowest BCUT2D eigenvalue weighted by Gasteiger charge is -2.21. The van der Waals surface area contributed by atoms with Crippen molar-refractivity contribution in [3.05, 3.63) is 92.5 Å². The Morgan fingerprint density at radius 2 is 1.71 bits per heavy atom. The summed E-state index contributed by atoms with van der Waals surface area (Å²) in [4.78, 5) is 14.8. The molecule has 4 aromatic rings. The monoisotopic (exact) mass is 515 g/mol. The average Bonchev–Trinajstić information content (AvgIpc) is 3.15. The molecule has 0 saturated heterocycles. The number of nitrogens with zero attached hydrogens (tertiary/aromatic N) is 2. The van der Waals surface area contributed by atoms with Crippen LogP contribution < -0.4 is 14.5 Å². The standard InChI is InChI=1S/C25H26ClN3O3S2/c1-3-28(4-2)20-11-9-18(10-12-20)16-27-34(31,32)21-13-14-23-24(15-21)33-25(30)29(23)17-19-7-5-6-8-22(19)26/h5-15,27H,3-4,16-17H2,1-2H3. The Morgan fingerprint density at radius 1 is 1.00 bits per heavy atom. The van der Waals surface area contributed by atoms with Gasteiger partial charge in [-0.15, -0.1) is 0 Å². The van der Waals surface area contributed by atoms with E-state index in [1.807, 2.05) is 42.5 Å². The van der Waals surface area contributed by atoms with Gasteiger partial charge in [-0.2, -0.15) is 0 Å². The van der Waals surface area contributed by atoms with E-state index < -0.39 is 10.0 Å². The molecule has 0 atom stereocenters. The third kappa shape index (κ3) is 5.20. The zero-order chi connectivity index (χ0) is 24.3. The molecule has 0 aliphatic carbocycles. The van der Waals surface area contributed by atoms with Crippen molar-refractivity contribution in [2.45, 2.75) is 31.8 Å². The van der Waals surface area contributed by atoms with Crippen LogP contribution in [-0.4, -0.2) is 26.1 Å². The Labute approximate surface area is 208 Å². The fraction of sp³-hybridized carbons (Fsp3) is 0.240. The summed E-state index contributed by atoms with van der Waals surface area (Å²) in [6.07, 6.45) is 0. The minimum Gasteiger partial charge on any atom is -0.372 e. The molecule has 0 saturated carbocycles. The lowest BCUT2D eigenvalue weighted by Crippen LogP contribution is -2.24. The zero-order valence-electron chi connectivity index (χ0n) is 19.0. The molecule has 0 aliphatic rings. The maximum Gasteiger partial charge on any atom is 0.308 e. The van der Waals surface area contributed by atoms with Crippen molar-refractivity contribution in [3.8, 4) is 0 Å². The molecule has 34 heavy (non-hydrogen) atoms. The van der Waals surface area contributed by atoms with Gasteiger partial charge in [-0.3, -0.25) is 9.36 Å². The van der Waals surface area contributed by atoms with E-state index in [1.165, 1.54) is 6.07 Å². The molecule has 0 bridgehead atoms. The predicted octanol–water partition coefficient (Wildman–Crippen LogP) is 5.09. The van der Waals surface area contributed by atoms with E-state index in [-0.39, 0.29) is 16.3 Å². The first-order valence-corrected chi connectivity index (χ1v) is 13.7. The molecule has 1 N–H and O–H groups in total. The molecule has 3 aromatic carbocycles. The summed E-state index contributed by atoms with van der Waals surface area (Å²) in [5, 5.41) is 0.585. The van der Waals surface area contributed by atoms with Crippen molar-refractivity contribution in [2.75, 3.05) is 18.0 Å². The minimum atomic E-state index is -3.74. The quantitative estimate of drug-likeness (QED) is 0.337. The summed E-state index contributed by atoms with van der Waals surface area (Å²) >= 11 is 7.28. The Bertz CT molecular complexity index is 1460. The van der Waals surface area contributed by atoms with Gasteiger partial charge < -0.3 is 4.90 Å². The molecule has 0 amide bonds. The van der Waals surface area contributed by atoms with Gasteiger partial charge in [0.05, 0.1) is 21.7 Å². The molecular weight excluding hydrogens is 490 g/mol. The second-order valence-corrected chi connectivity index (χ2v) is 11.0. The van der Waals surface area contributed by atoms with Crippen LogP contribution in [-0.2, 0) is 23.1 Å². The van der Waals surface area contributed by atoms with Gasteiger partial charge in [0.1, 0.15) is 0 Å². The second kappa shape index (κ2) is 10.3. The van der Waals surface area contributed by atoms with Gasteiger partial charge in [0.2, 0.25) is 10.0 Å². The van der Waals surface area contributed by atoms with E-state index in [4.69, 9.17) is 11.6 Å². The van der Waals surface area contributed by atoms with Crippen LogP contribution in [0.2, 0.25) is 5.02 Å². The average molecular weight is 516 g/mol. The van der Waals surface area contributed by atoms with E-state index in [9.17, 15) is 13.2 Å². The number of aromatic nitrogens is 1. The van der Waals surface area contributed by atoms with Gasteiger partial charge in [-0.25, -0.2) is 13.1 Å². The third-order valence-electron chi connectivity index (χ3n) is 5.77. The first kappa shape index (κ1) is 24.5. The number of rotatable bonds is 9. The van der Waals surface area contributed by atoms with Crippen molar-refractivity contribution in [1.29, 1.82) is 0 Å². The summed E-state index contributed by atoms with van der Waals surface area (Å²) in [5.41, 5.74) is 3.49. The maximum atomic E-state index is 12.9. The fourth-order valence-corrected chi connectivity index (χ4v) is 6.08. The zero-order valence-corrected chi connectivity index (χ0v) is 21.4. The molecule has 1 heterocycles. The number of thiazole rings is 1. The Balaban J connectivity index is 1.53. The first-order valence-electron chi connectivity index (χ1n) is 11.0. The Morgan fingerprint density at radius 3 is 2.38 bits per heavy atom. The van der Waals surface area contributed by atoms with E-state index >= 15 is 0 Å². The molecule has 0 aliphatic heterocycles. The summed E-state index contributed by atoms with van der Waals surface area (Å²) in [6, 6.07) is 20.0. The van der Waals surface area contributed by atoms with Gasteiger partial charge in [0.25, 0.3) is 0 Å². The lowest BCUT2D eigenvalue weighted by atomic mass is 10.2. The molecule has 0 fully saturated rings. The molecule has 1 aromatic heterocycles. The van der Waals surface area contributed by atoms with Crippen LogP contribution in [0.1, 0.15) is 25.0 Å². The second-order valence-electron chi connectivity index (χ2n) is 7.84. The SMILES string of the molecule is CCN(CC)c1ccc(CNS(=O)(=O)c2ccc3c(c2)sc(=O)n3Cc2ccccc2Cl)cc1. The highest BCUT2D eigenvalue weighted by Gasteiger charge is 2.17. The molecular formula is C25H26ClN3O3S2. The van der Waals surface area contributed by atoms with Crippen molar-refractivity contribution in [1.82, 2.24) is 9.29 Å². The molecule has 4 rings (SSSR count). The van der Waals surface area contributed by atoms with Crippen LogP contribution in [0.4, 0.5) is 5.69 Å². The number of sulfonamides is 1. The number of nitrogens with one attached hydrogen (secondary N) is 1. The lowest BCUT2D eigenvalue weighted by molar-refractivity contribution is 0.581. The summed E-state index contributed by atoms with van der Waals surface area (Å²) < 4.78 is 30.7. The van der Waals surface area contributed by atoms with Crippen molar-refractivity contribution < 1.29 is 8.42 Å². The number of halogens is 1. The van der Waals surface area contributed by atoms with E-state index in [0.717, 1.165) is 41.2 Å². The molecule has 0 radical (unpaired) electrons. The van der Waals surface area contributed by atoms with Gasteiger partial charge in [0.15, 0.2) is 0 Å². The number of hydrogen-bond acceptors (Lipinski definition) is 5. The van der Waals surface area contributed by atoms with Crippen LogP contribution in [0, 0.1) is 0 Å². The number of benzene rings is 3. The third-order valence-corrected chi connectivity index (χ3v) is 8.48. The van der Waals surface area contributed by atoms with Gasteiger partial charge in [0, 0.05) is 30.3 Å². The van der Waals surface area contributed by atoms with Gasteiger partial charge >= 0.3 is 4.87 Å². The normalized spacial score (nSPS) is 11.7. The van der Waals surface area contributed by atoms with Crippen LogP contribution >= 0.6 is 22.9 Å². The molecule has 0 spiro atoms. The summed E-state index contributed by atoms with van der Waals surface area (Å²) in [7, 11) is -3.74. The van der Waals surface area contributed by atoms with Crippen LogP contribution in [0.15, 0.2) is 76.4 Å². The van der Waals surface area contributed by atoms with E-state index in [2.05, 4.69) is 23.5 Å². The van der Waals surface area contributed by atoms with Crippen molar-refractivity contribution in [3.63, 3.8) is 0 Å². The van der Waals surface area contributed by atoms with Crippen molar-refractivity contribution >= 4 is 48.9 Å². The Kier molecular flexibility index (Phi) is 7.42. The first-order chi connectivity index (χ1) is 16.3. The molecule has 9 heteroatoms. The Hall–Kier alpha value is -2.65. The highest BCUT2D eigenvalue weighted by molar-refractivity contribution is 7.89. The van der Waals surface area contributed by atoms with Crippen LogP contribution in [0.5, 0.6) is 0 Å². The van der Waals surface area contributed by atoms with E-state index in [1.54, 1.807) is 22.8 Å². The number of anilines is 1. The smallest absolute Gasteiger partial charge is 0.308 e. The van der Waals surface area contributed by atoms with E-state index in [0.29, 0.717) is 21.8 Å². The summed E-state index contributed by atoms with van der Waals surface area (Å²) in [6.45, 7) is 6.54. The minimum absolute atomic E-state index is 0.130. The highest BCUT2D eigenvalue weighted by atomic mass is 35.5. The van der Waals surface area contributed by atoms with Crippen LogP contribution in [0.3, 0.4) is 0 Å². The molecule has 0 unspecified atom stereocenters. The van der Waals surface area contributed by atoms with Crippen molar-refractivity contribution in [2.24, 2.45) is 0 Å². The molecule has 6 nitrogen and oxygen atoms in total. The van der Waals surface area contributed by atoms with Crippen LogP contribution in [0.25, 0.3) is 10.2 Å². The number of hydrogen-bond donors (Lipinski definition) is 1.